The molecule has 8 nitrogen and oxygen atoms in total. The zero-order valence-electron chi connectivity index (χ0n) is 16.8. The lowest BCUT2D eigenvalue weighted by Crippen LogP contribution is -2.38. The van der Waals surface area contributed by atoms with Crippen molar-refractivity contribution in [2.45, 2.75) is 19.9 Å². The molecule has 2 heterocycles. The molecule has 152 valence electrons. The average Bonchev–Trinajstić information content (AvgIpc) is 2.74. The zero-order chi connectivity index (χ0) is 20.4. The van der Waals surface area contributed by atoms with E-state index in [1.807, 2.05) is 38.1 Å². The lowest BCUT2D eigenvalue weighted by Gasteiger charge is -2.28. The Bertz CT molecular complexity index is 984. The number of nitrogen functional groups attached to an aromatic ring is 1. The van der Waals surface area contributed by atoms with E-state index in [9.17, 15) is 0 Å². The van der Waals surface area contributed by atoms with Crippen LogP contribution in [-0.2, 0) is 4.74 Å². The highest BCUT2D eigenvalue weighted by atomic mass is 16.5. The van der Waals surface area contributed by atoms with Crippen molar-refractivity contribution in [2.24, 2.45) is 5.84 Å². The van der Waals surface area contributed by atoms with Gasteiger partial charge in [0.05, 0.1) is 18.9 Å². The molecular formula is C21H27N7O. The summed E-state index contributed by atoms with van der Waals surface area (Å²) >= 11 is 0. The lowest BCUT2D eigenvalue weighted by atomic mass is 10.1. The SMILES string of the molecule is CC(C)N(N)c1c(N)ccc2cnc(Nc3ccc(N4CCOCC4)cc3)nc12. The van der Waals surface area contributed by atoms with Crippen molar-refractivity contribution < 1.29 is 4.74 Å². The van der Waals surface area contributed by atoms with Crippen LogP contribution in [0.15, 0.2) is 42.6 Å². The van der Waals surface area contributed by atoms with Crippen LogP contribution in [0.4, 0.5) is 28.7 Å². The number of nitrogens with two attached hydrogens (primary N) is 2. The summed E-state index contributed by atoms with van der Waals surface area (Å²) in [4.78, 5) is 11.5. The Kier molecular flexibility index (Phi) is 5.37. The Morgan fingerprint density at radius 3 is 2.52 bits per heavy atom. The van der Waals surface area contributed by atoms with E-state index < -0.39 is 0 Å². The molecule has 0 amide bonds. The first kappa shape index (κ1) is 19.2. The summed E-state index contributed by atoms with van der Waals surface area (Å²) in [5.41, 5.74) is 10.3. The molecule has 1 aliphatic heterocycles. The molecule has 0 aliphatic carbocycles. The van der Waals surface area contributed by atoms with Crippen LogP contribution < -0.4 is 26.8 Å². The molecule has 29 heavy (non-hydrogen) atoms. The predicted molar refractivity (Wildman–Crippen MR) is 119 cm³/mol. The van der Waals surface area contributed by atoms with Gasteiger partial charge in [0.1, 0.15) is 11.2 Å². The predicted octanol–water partition coefficient (Wildman–Crippen LogP) is 2.88. The van der Waals surface area contributed by atoms with Gasteiger partial charge >= 0.3 is 0 Å². The van der Waals surface area contributed by atoms with E-state index in [1.54, 1.807) is 11.2 Å². The van der Waals surface area contributed by atoms with E-state index in [4.69, 9.17) is 21.3 Å². The van der Waals surface area contributed by atoms with Crippen molar-refractivity contribution in [3.8, 4) is 0 Å². The molecule has 4 rings (SSSR count). The minimum Gasteiger partial charge on any atom is -0.397 e. The molecule has 0 radical (unpaired) electrons. The summed E-state index contributed by atoms with van der Waals surface area (Å²) in [6, 6.07) is 12.1. The number of nitrogens with one attached hydrogen (secondary N) is 1. The number of hydrazine groups is 1. The highest BCUT2D eigenvalue weighted by Gasteiger charge is 2.16. The van der Waals surface area contributed by atoms with Crippen LogP contribution in [0.25, 0.3) is 10.9 Å². The van der Waals surface area contributed by atoms with Crippen molar-refractivity contribution in [2.75, 3.05) is 47.3 Å². The molecule has 3 aromatic rings. The Labute approximate surface area is 170 Å². The molecule has 5 N–H and O–H groups in total. The maximum Gasteiger partial charge on any atom is 0.227 e. The number of rotatable bonds is 5. The van der Waals surface area contributed by atoms with Crippen molar-refractivity contribution in [3.05, 3.63) is 42.6 Å². The Morgan fingerprint density at radius 2 is 1.83 bits per heavy atom. The van der Waals surface area contributed by atoms with Crippen LogP contribution in [0.2, 0.25) is 0 Å². The summed E-state index contributed by atoms with van der Waals surface area (Å²) < 4.78 is 5.42. The normalized spacial score (nSPS) is 14.4. The van der Waals surface area contributed by atoms with Crippen molar-refractivity contribution in [1.29, 1.82) is 0 Å². The summed E-state index contributed by atoms with van der Waals surface area (Å²) in [5.74, 6) is 6.75. The molecule has 1 fully saturated rings. The molecule has 1 aromatic heterocycles. The summed E-state index contributed by atoms with van der Waals surface area (Å²) in [6.07, 6.45) is 1.78. The van der Waals surface area contributed by atoms with E-state index in [0.29, 0.717) is 17.3 Å². The molecule has 8 heteroatoms. The topological polar surface area (TPSA) is 106 Å². The number of fused-ring (bicyclic) bond motifs is 1. The van der Waals surface area contributed by atoms with Gasteiger partial charge in [-0.2, -0.15) is 0 Å². The van der Waals surface area contributed by atoms with E-state index in [2.05, 4.69) is 27.3 Å². The highest BCUT2D eigenvalue weighted by molar-refractivity contribution is 5.97. The summed E-state index contributed by atoms with van der Waals surface area (Å²) in [6.45, 7) is 7.38. The van der Waals surface area contributed by atoms with Gasteiger partial charge in [0.25, 0.3) is 0 Å². The molecule has 2 aromatic carbocycles. The average molecular weight is 393 g/mol. The molecule has 0 atom stereocenters. The number of anilines is 5. The first-order chi connectivity index (χ1) is 14.0. The fourth-order valence-corrected chi connectivity index (χ4v) is 3.39. The quantitative estimate of drug-likeness (QED) is 0.345. The molecule has 1 aliphatic rings. The van der Waals surface area contributed by atoms with Gasteiger partial charge in [-0.15, -0.1) is 0 Å². The smallest absolute Gasteiger partial charge is 0.227 e. The number of hydrogen-bond acceptors (Lipinski definition) is 8. The number of benzene rings is 2. The van der Waals surface area contributed by atoms with Crippen LogP contribution in [-0.4, -0.2) is 42.3 Å². The van der Waals surface area contributed by atoms with Gasteiger partial charge in [0, 0.05) is 42.1 Å². The van der Waals surface area contributed by atoms with Gasteiger partial charge < -0.3 is 25.7 Å². The fraction of sp³-hybridized carbons (Fsp3) is 0.333. The Hall–Kier alpha value is -3.10. The summed E-state index contributed by atoms with van der Waals surface area (Å²) in [7, 11) is 0. The fourth-order valence-electron chi connectivity index (χ4n) is 3.39. The molecule has 0 spiro atoms. The van der Waals surface area contributed by atoms with Gasteiger partial charge in [0.2, 0.25) is 5.95 Å². The van der Waals surface area contributed by atoms with Crippen LogP contribution in [0, 0.1) is 0 Å². The molecule has 0 bridgehead atoms. The van der Waals surface area contributed by atoms with E-state index >= 15 is 0 Å². The van der Waals surface area contributed by atoms with E-state index in [0.717, 1.165) is 42.9 Å². The minimum atomic E-state index is 0.0852. The first-order valence-electron chi connectivity index (χ1n) is 9.82. The second-order valence-electron chi connectivity index (χ2n) is 7.41. The minimum absolute atomic E-state index is 0.0852. The maximum atomic E-state index is 6.25. The lowest BCUT2D eigenvalue weighted by molar-refractivity contribution is 0.122. The molecule has 0 saturated carbocycles. The van der Waals surface area contributed by atoms with Gasteiger partial charge in [-0.25, -0.2) is 15.8 Å². The number of hydrogen-bond donors (Lipinski definition) is 3. The number of ether oxygens (including phenoxy) is 1. The first-order valence-corrected chi connectivity index (χ1v) is 9.82. The molecular weight excluding hydrogens is 366 g/mol. The van der Waals surface area contributed by atoms with Gasteiger partial charge in [-0.05, 0) is 50.2 Å². The Balaban J connectivity index is 1.60. The third kappa shape index (κ3) is 4.03. The van der Waals surface area contributed by atoms with E-state index in [-0.39, 0.29) is 6.04 Å². The molecule has 1 saturated heterocycles. The zero-order valence-corrected chi connectivity index (χ0v) is 16.8. The Morgan fingerprint density at radius 1 is 1.10 bits per heavy atom. The highest BCUT2D eigenvalue weighted by Crippen LogP contribution is 2.32. The van der Waals surface area contributed by atoms with Crippen LogP contribution in [0.5, 0.6) is 0 Å². The number of aromatic nitrogens is 2. The van der Waals surface area contributed by atoms with Gasteiger partial charge in [-0.3, -0.25) is 0 Å². The third-order valence-electron chi connectivity index (χ3n) is 5.07. The van der Waals surface area contributed by atoms with Crippen molar-refractivity contribution in [3.63, 3.8) is 0 Å². The second kappa shape index (κ2) is 8.10. The maximum absolute atomic E-state index is 6.25. The van der Waals surface area contributed by atoms with Crippen molar-refractivity contribution >= 4 is 39.6 Å². The van der Waals surface area contributed by atoms with Crippen LogP contribution in [0.3, 0.4) is 0 Å². The summed E-state index contributed by atoms with van der Waals surface area (Å²) in [5, 5.41) is 5.81. The second-order valence-corrected chi connectivity index (χ2v) is 7.41. The van der Waals surface area contributed by atoms with Crippen LogP contribution >= 0.6 is 0 Å². The third-order valence-corrected chi connectivity index (χ3v) is 5.07. The van der Waals surface area contributed by atoms with E-state index in [1.165, 1.54) is 5.69 Å². The molecule has 0 unspecified atom stereocenters. The van der Waals surface area contributed by atoms with Crippen molar-refractivity contribution in [1.82, 2.24) is 9.97 Å². The monoisotopic (exact) mass is 393 g/mol. The largest absolute Gasteiger partial charge is 0.397 e. The standard InChI is InChI=1S/C21H27N7O/c1-14(2)28(23)20-18(22)8-3-15-13-24-21(26-19(15)20)25-16-4-6-17(7-5-16)27-9-11-29-12-10-27/h3-8,13-14H,9-12,22-23H2,1-2H3,(H,24,25,26). The van der Waals surface area contributed by atoms with Crippen LogP contribution in [0.1, 0.15) is 13.8 Å². The van der Waals surface area contributed by atoms with Gasteiger partial charge in [-0.1, -0.05) is 0 Å². The number of morpholine rings is 1. The van der Waals surface area contributed by atoms with Gasteiger partial charge in [0.15, 0.2) is 0 Å². The number of nitrogens with zero attached hydrogens (tertiary/aromatic N) is 4.